The fourth-order valence-electron chi connectivity index (χ4n) is 1.47. The van der Waals surface area contributed by atoms with Crippen LogP contribution in [-0.4, -0.2) is 16.2 Å². The topological polar surface area (TPSA) is 43.8 Å². The smallest absolute Gasteiger partial charge is 0.257 e. The lowest BCUT2D eigenvalue weighted by atomic mass is 9.88. The summed E-state index contributed by atoms with van der Waals surface area (Å²) in [7, 11) is 1.71. The second-order valence-electron chi connectivity index (χ2n) is 4.72. The maximum Gasteiger partial charge on any atom is 0.257 e. The van der Waals surface area contributed by atoms with E-state index in [0.717, 1.165) is 0 Å². The molecule has 1 atom stereocenters. The number of alkyl halides is 2. The molecule has 1 unspecified atom stereocenters. The van der Waals surface area contributed by atoms with Gasteiger partial charge in [0.25, 0.3) is 6.43 Å². The van der Waals surface area contributed by atoms with Crippen molar-refractivity contribution in [3.63, 3.8) is 0 Å². The molecule has 5 heteroatoms. The van der Waals surface area contributed by atoms with Gasteiger partial charge in [0.15, 0.2) is 0 Å². The van der Waals surface area contributed by atoms with Crippen LogP contribution in [0.3, 0.4) is 0 Å². The molecule has 1 aromatic heterocycles. The number of aromatic nitrogens is 2. The van der Waals surface area contributed by atoms with Gasteiger partial charge in [0.1, 0.15) is 0 Å². The lowest BCUT2D eigenvalue weighted by Gasteiger charge is -2.19. The third-order valence-electron chi connectivity index (χ3n) is 2.20. The number of nitrogens with zero attached hydrogens (tertiary/aromatic N) is 2. The molecule has 1 rings (SSSR count). The van der Waals surface area contributed by atoms with E-state index in [2.05, 4.69) is 5.10 Å². The van der Waals surface area contributed by atoms with E-state index in [4.69, 9.17) is 5.73 Å². The van der Waals surface area contributed by atoms with Crippen molar-refractivity contribution in [2.24, 2.45) is 12.8 Å². The largest absolute Gasteiger partial charge is 0.319 e. The third-order valence-corrected chi connectivity index (χ3v) is 2.20. The Morgan fingerprint density at radius 1 is 1.40 bits per heavy atom. The van der Waals surface area contributed by atoms with Gasteiger partial charge in [-0.05, 0) is 0 Å². The summed E-state index contributed by atoms with van der Waals surface area (Å²) in [5.41, 5.74) is 6.24. The molecule has 1 aromatic rings. The predicted octanol–water partition coefficient (Wildman–Crippen LogP) is 1.98. The van der Waals surface area contributed by atoms with Crippen LogP contribution in [-0.2, 0) is 12.5 Å². The zero-order valence-electron chi connectivity index (χ0n) is 9.46. The number of rotatable bonds is 2. The summed E-state index contributed by atoms with van der Waals surface area (Å²) in [5, 5.41) is 4.19. The summed E-state index contributed by atoms with van der Waals surface area (Å²) in [6, 6.07) is -1.26. The third kappa shape index (κ3) is 2.53. The maximum atomic E-state index is 12.5. The van der Waals surface area contributed by atoms with E-state index in [9.17, 15) is 8.78 Å². The van der Waals surface area contributed by atoms with E-state index in [0.29, 0.717) is 11.3 Å². The summed E-state index contributed by atoms with van der Waals surface area (Å²) in [6.07, 6.45) is -0.993. The molecule has 0 aliphatic rings. The lowest BCUT2D eigenvalue weighted by molar-refractivity contribution is 0.115. The Morgan fingerprint density at radius 2 is 1.93 bits per heavy atom. The summed E-state index contributed by atoms with van der Waals surface area (Å²) in [4.78, 5) is 0. The first-order chi connectivity index (χ1) is 6.73. The van der Waals surface area contributed by atoms with Crippen LogP contribution in [0.15, 0.2) is 6.20 Å². The second-order valence-corrected chi connectivity index (χ2v) is 4.72. The number of halogens is 2. The summed E-state index contributed by atoms with van der Waals surface area (Å²) in [5.74, 6) is 0. The highest BCUT2D eigenvalue weighted by atomic mass is 19.3. The SMILES string of the molecule is Cn1cc(C(N)C(F)F)c(C(C)(C)C)n1. The van der Waals surface area contributed by atoms with Gasteiger partial charge in [0.2, 0.25) is 0 Å². The van der Waals surface area contributed by atoms with E-state index >= 15 is 0 Å². The van der Waals surface area contributed by atoms with Gasteiger partial charge >= 0.3 is 0 Å². The van der Waals surface area contributed by atoms with Gasteiger partial charge in [0, 0.05) is 24.2 Å². The van der Waals surface area contributed by atoms with E-state index < -0.39 is 12.5 Å². The minimum absolute atomic E-state index is 0.275. The number of aryl methyl sites for hydroxylation is 1. The van der Waals surface area contributed by atoms with Crippen molar-refractivity contribution in [2.45, 2.75) is 38.7 Å². The van der Waals surface area contributed by atoms with Crippen molar-refractivity contribution in [1.29, 1.82) is 0 Å². The molecule has 0 saturated heterocycles. The molecule has 0 aliphatic heterocycles. The molecule has 1 heterocycles. The Morgan fingerprint density at radius 3 is 2.33 bits per heavy atom. The molecular formula is C10H17F2N3. The van der Waals surface area contributed by atoms with Crippen LogP contribution in [0.25, 0.3) is 0 Å². The van der Waals surface area contributed by atoms with Crippen molar-refractivity contribution >= 4 is 0 Å². The molecule has 0 fully saturated rings. The Hall–Kier alpha value is -0.970. The second kappa shape index (κ2) is 3.89. The van der Waals surface area contributed by atoms with Gasteiger partial charge in [-0.25, -0.2) is 8.78 Å². The first kappa shape index (κ1) is 12.1. The molecule has 86 valence electrons. The molecule has 0 radical (unpaired) electrons. The average Bonchev–Trinajstić information content (AvgIpc) is 2.44. The fourth-order valence-corrected chi connectivity index (χ4v) is 1.47. The quantitative estimate of drug-likeness (QED) is 0.823. The van der Waals surface area contributed by atoms with Crippen LogP contribution in [0.4, 0.5) is 8.78 Å². The van der Waals surface area contributed by atoms with Gasteiger partial charge < -0.3 is 5.73 Å². The Bertz CT molecular complexity index is 339. The highest BCUT2D eigenvalue weighted by Gasteiger charge is 2.28. The van der Waals surface area contributed by atoms with E-state index in [-0.39, 0.29) is 5.41 Å². The maximum absolute atomic E-state index is 12.5. The van der Waals surface area contributed by atoms with E-state index in [1.807, 2.05) is 20.8 Å². The zero-order valence-corrected chi connectivity index (χ0v) is 9.46. The molecule has 2 N–H and O–H groups in total. The lowest BCUT2D eigenvalue weighted by Crippen LogP contribution is -2.23. The molecule has 0 aromatic carbocycles. The standard InChI is InChI=1S/C10H17F2N3/c1-10(2,3)8-6(5-15(4)14-8)7(13)9(11)12/h5,7,9H,13H2,1-4H3. The van der Waals surface area contributed by atoms with Crippen LogP contribution in [0, 0.1) is 0 Å². The van der Waals surface area contributed by atoms with Crippen molar-refractivity contribution in [3.8, 4) is 0 Å². The van der Waals surface area contributed by atoms with Crippen molar-refractivity contribution in [2.75, 3.05) is 0 Å². The van der Waals surface area contributed by atoms with Crippen LogP contribution >= 0.6 is 0 Å². The van der Waals surface area contributed by atoms with Gasteiger partial charge in [-0.15, -0.1) is 0 Å². The van der Waals surface area contributed by atoms with Crippen molar-refractivity contribution in [3.05, 3.63) is 17.5 Å². The monoisotopic (exact) mass is 217 g/mol. The molecule has 0 saturated carbocycles. The first-order valence-electron chi connectivity index (χ1n) is 4.81. The minimum Gasteiger partial charge on any atom is -0.319 e. The van der Waals surface area contributed by atoms with Crippen molar-refractivity contribution in [1.82, 2.24) is 9.78 Å². The van der Waals surface area contributed by atoms with Gasteiger partial charge in [0.05, 0.1) is 11.7 Å². The van der Waals surface area contributed by atoms with Gasteiger partial charge in [-0.3, -0.25) is 4.68 Å². The van der Waals surface area contributed by atoms with Crippen LogP contribution in [0.1, 0.15) is 38.1 Å². The van der Waals surface area contributed by atoms with E-state index in [1.54, 1.807) is 13.2 Å². The van der Waals surface area contributed by atoms with Crippen molar-refractivity contribution < 1.29 is 8.78 Å². The van der Waals surface area contributed by atoms with Crippen LogP contribution < -0.4 is 5.73 Å². The predicted molar refractivity (Wildman–Crippen MR) is 54.8 cm³/mol. The highest BCUT2D eigenvalue weighted by Crippen LogP contribution is 2.29. The van der Waals surface area contributed by atoms with Crippen LogP contribution in [0.2, 0.25) is 0 Å². The number of hydrogen-bond acceptors (Lipinski definition) is 2. The molecule has 15 heavy (non-hydrogen) atoms. The van der Waals surface area contributed by atoms with Gasteiger partial charge in [-0.1, -0.05) is 20.8 Å². The normalized spacial score (nSPS) is 14.7. The Labute approximate surface area is 88.3 Å². The summed E-state index contributed by atoms with van der Waals surface area (Å²) >= 11 is 0. The zero-order chi connectivity index (χ0) is 11.8. The summed E-state index contributed by atoms with van der Waals surface area (Å²) < 4.78 is 26.6. The number of nitrogens with two attached hydrogens (primary N) is 1. The molecule has 0 amide bonds. The Balaban J connectivity index is 3.18. The fraction of sp³-hybridized carbons (Fsp3) is 0.700. The average molecular weight is 217 g/mol. The van der Waals surface area contributed by atoms with E-state index in [1.165, 1.54) is 4.68 Å². The number of hydrogen-bond donors (Lipinski definition) is 1. The molecule has 0 aliphatic carbocycles. The van der Waals surface area contributed by atoms with Crippen LogP contribution in [0.5, 0.6) is 0 Å². The molecule has 3 nitrogen and oxygen atoms in total. The molecule has 0 spiro atoms. The first-order valence-corrected chi connectivity index (χ1v) is 4.81. The minimum atomic E-state index is -2.56. The highest BCUT2D eigenvalue weighted by molar-refractivity contribution is 5.27. The Kier molecular flexibility index (Phi) is 3.13. The van der Waals surface area contributed by atoms with Gasteiger partial charge in [-0.2, -0.15) is 5.10 Å². The summed E-state index contributed by atoms with van der Waals surface area (Å²) in [6.45, 7) is 5.78. The molecular weight excluding hydrogens is 200 g/mol. The molecule has 0 bridgehead atoms.